The fourth-order valence-electron chi connectivity index (χ4n) is 0.625. The van der Waals surface area contributed by atoms with E-state index in [0.717, 1.165) is 4.88 Å². The number of hydrogen-bond donors (Lipinski definition) is 2. The lowest BCUT2D eigenvalue weighted by Crippen LogP contribution is -1.87. The van der Waals surface area contributed by atoms with Crippen molar-refractivity contribution in [2.45, 2.75) is 0 Å². The lowest BCUT2D eigenvalue weighted by Gasteiger charge is -1.88. The summed E-state index contributed by atoms with van der Waals surface area (Å²) in [6, 6.07) is 1.66. The minimum atomic E-state index is 0.204. The highest BCUT2D eigenvalue weighted by Crippen LogP contribution is 2.30. The molecule has 0 aromatic carbocycles. The average molecular weight is 209 g/mol. The van der Waals surface area contributed by atoms with Gasteiger partial charge in [-0.25, -0.2) is 0 Å². The van der Waals surface area contributed by atoms with E-state index in [1.165, 1.54) is 11.3 Å². The van der Waals surface area contributed by atoms with Gasteiger partial charge < -0.3 is 11.5 Å². The minimum absolute atomic E-state index is 0.204. The van der Waals surface area contributed by atoms with Gasteiger partial charge in [0.25, 0.3) is 0 Å². The highest BCUT2D eigenvalue weighted by molar-refractivity contribution is 7.17. The second-order valence-corrected chi connectivity index (χ2v) is 4.05. The molecule has 2 nitrogen and oxygen atoms in total. The van der Waals surface area contributed by atoms with Gasteiger partial charge in [-0.1, -0.05) is 23.2 Å². The molecule has 0 aliphatic rings. The van der Waals surface area contributed by atoms with Crippen molar-refractivity contribution in [1.29, 1.82) is 0 Å². The molecule has 0 fully saturated rings. The van der Waals surface area contributed by atoms with Gasteiger partial charge >= 0.3 is 0 Å². The first-order chi connectivity index (χ1) is 5.09. The van der Waals surface area contributed by atoms with Gasteiger partial charge in [0, 0.05) is 0 Å². The molecular formula is C6H6Cl2N2S. The van der Waals surface area contributed by atoms with Crippen molar-refractivity contribution >= 4 is 46.3 Å². The number of anilines is 1. The smallest absolute Gasteiger partial charge is 0.101 e. The summed E-state index contributed by atoms with van der Waals surface area (Å²) < 4.78 is 0.631. The molecular weight excluding hydrogens is 203 g/mol. The number of nitrogen functional groups attached to an aromatic ring is 1. The highest BCUT2D eigenvalue weighted by atomic mass is 35.5. The van der Waals surface area contributed by atoms with Crippen LogP contribution < -0.4 is 11.5 Å². The molecule has 0 unspecified atom stereocenters. The second-order valence-electron chi connectivity index (χ2n) is 1.90. The van der Waals surface area contributed by atoms with E-state index < -0.39 is 0 Å². The van der Waals surface area contributed by atoms with Gasteiger partial charge in [0.1, 0.15) is 5.16 Å². The Morgan fingerprint density at radius 3 is 2.64 bits per heavy atom. The van der Waals surface area contributed by atoms with Gasteiger partial charge in [0.15, 0.2) is 0 Å². The molecule has 11 heavy (non-hydrogen) atoms. The van der Waals surface area contributed by atoms with E-state index in [2.05, 4.69) is 0 Å². The first-order valence-corrected chi connectivity index (χ1v) is 4.34. The molecule has 60 valence electrons. The molecule has 1 aromatic rings. The third kappa shape index (κ3) is 2.29. The molecule has 1 heterocycles. The van der Waals surface area contributed by atoms with Gasteiger partial charge in [0.2, 0.25) is 0 Å². The van der Waals surface area contributed by atoms with E-state index in [4.69, 9.17) is 34.7 Å². The minimum Gasteiger partial charge on any atom is -0.398 e. The molecule has 0 aliphatic heterocycles. The molecule has 0 amide bonds. The van der Waals surface area contributed by atoms with Crippen molar-refractivity contribution in [3.8, 4) is 0 Å². The Morgan fingerprint density at radius 1 is 1.64 bits per heavy atom. The summed E-state index contributed by atoms with van der Waals surface area (Å²) in [5, 5.41) is 0.204. The van der Waals surface area contributed by atoms with Crippen LogP contribution in [-0.4, -0.2) is 0 Å². The van der Waals surface area contributed by atoms with Crippen LogP contribution in [0.3, 0.4) is 0 Å². The molecule has 1 rings (SSSR count). The Bertz CT molecular complexity index is 289. The fourth-order valence-corrected chi connectivity index (χ4v) is 1.92. The summed E-state index contributed by atoms with van der Waals surface area (Å²) in [5.41, 5.74) is 11.4. The topological polar surface area (TPSA) is 52.0 Å². The monoisotopic (exact) mass is 208 g/mol. The Hall–Kier alpha value is -0.380. The molecule has 0 aliphatic carbocycles. The van der Waals surface area contributed by atoms with Crippen LogP contribution in [-0.2, 0) is 0 Å². The number of rotatable bonds is 1. The average Bonchev–Trinajstić information content (AvgIpc) is 2.09. The Balaban J connectivity index is 3.04. The van der Waals surface area contributed by atoms with Crippen molar-refractivity contribution < 1.29 is 0 Å². The van der Waals surface area contributed by atoms with Crippen LogP contribution in [0.15, 0.2) is 11.2 Å². The lowest BCUT2D eigenvalue weighted by molar-refractivity contribution is 1.57. The predicted octanol–water partition coefficient (Wildman–Crippen LogP) is 2.48. The Labute approximate surface area is 78.4 Å². The standard InChI is InChI=1S/C6H6Cl2N2S/c7-5(10)2-4-3(9)1-6(8)11-4/h1-2H,9-10H2/b5-2-. The zero-order chi connectivity index (χ0) is 8.43. The first kappa shape index (κ1) is 8.71. The van der Waals surface area contributed by atoms with E-state index in [-0.39, 0.29) is 5.16 Å². The maximum Gasteiger partial charge on any atom is 0.101 e. The molecule has 0 bridgehead atoms. The summed E-state index contributed by atoms with van der Waals surface area (Å²) in [5.74, 6) is 0. The second kappa shape index (κ2) is 3.34. The zero-order valence-corrected chi connectivity index (χ0v) is 7.80. The first-order valence-electron chi connectivity index (χ1n) is 2.77. The van der Waals surface area contributed by atoms with Crippen molar-refractivity contribution in [3.63, 3.8) is 0 Å². The summed E-state index contributed by atoms with van der Waals surface area (Å²) in [6.45, 7) is 0. The van der Waals surface area contributed by atoms with E-state index in [1.54, 1.807) is 12.1 Å². The van der Waals surface area contributed by atoms with Crippen LogP contribution in [0.4, 0.5) is 5.69 Å². The van der Waals surface area contributed by atoms with Crippen LogP contribution in [0.2, 0.25) is 4.34 Å². The summed E-state index contributed by atoms with van der Waals surface area (Å²) >= 11 is 12.5. The van der Waals surface area contributed by atoms with Crippen LogP contribution >= 0.6 is 34.5 Å². The van der Waals surface area contributed by atoms with Gasteiger partial charge in [-0.2, -0.15) is 0 Å². The maximum absolute atomic E-state index is 5.67. The normalized spacial score (nSPS) is 12.0. The van der Waals surface area contributed by atoms with Crippen molar-refractivity contribution in [1.82, 2.24) is 0 Å². The predicted molar refractivity (Wildman–Crippen MR) is 51.8 cm³/mol. The summed E-state index contributed by atoms with van der Waals surface area (Å²) in [7, 11) is 0. The molecule has 0 saturated heterocycles. The molecule has 5 heteroatoms. The van der Waals surface area contributed by atoms with Gasteiger partial charge in [-0.05, 0) is 12.1 Å². The highest BCUT2D eigenvalue weighted by Gasteiger charge is 2.01. The van der Waals surface area contributed by atoms with E-state index >= 15 is 0 Å². The van der Waals surface area contributed by atoms with Crippen LogP contribution in [0.25, 0.3) is 6.08 Å². The summed E-state index contributed by atoms with van der Waals surface area (Å²) in [4.78, 5) is 0.794. The zero-order valence-electron chi connectivity index (χ0n) is 5.47. The van der Waals surface area contributed by atoms with Crippen LogP contribution in [0.1, 0.15) is 4.88 Å². The molecule has 0 saturated carbocycles. The van der Waals surface area contributed by atoms with Crippen molar-refractivity contribution in [2.24, 2.45) is 5.73 Å². The Kier molecular flexibility index (Phi) is 2.65. The third-order valence-corrected chi connectivity index (χ3v) is 2.37. The van der Waals surface area contributed by atoms with E-state index in [1.807, 2.05) is 0 Å². The fraction of sp³-hybridized carbons (Fsp3) is 0. The van der Waals surface area contributed by atoms with Crippen molar-refractivity contribution in [2.75, 3.05) is 5.73 Å². The van der Waals surface area contributed by atoms with Gasteiger partial charge in [-0.3, -0.25) is 0 Å². The quantitative estimate of drug-likeness (QED) is 0.698. The molecule has 0 radical (unpaired) electrons. The number of halogens is 2. The Morgan fingerprint density at radius 2 is 2.27 bits per heavy atom. The molecule has 1 aromatic heterocycles. The van der Waals surface area contributed by atoms with E-state index in [0.29, 0.717) is 10.0 Å². The van der Waals surface area contributed by atoms with Crippen LogP contribution in [0, 0.1) is 0 Å². The largest absolute Gasteiger partial charge is 0.398 e. The maximum atomic E-state index is 5.67. The third-order valence-electron chi connectivity index (χ3n) is 1.03. The number of thiophene rings is 1. The molecule has 0 spiro atoms. The molecule has 4 N–H and O–H groups in total. The van der Waals surface area contributed by atoms with Gasteiger partial charge in [0.05, 0.1) is 14.9 Å². The SMILES string of the molecule is N/C(Cl)=C\c1sc(Cl)cc1N. The van der Waals surface area contributed by atoms with Crippen LogP contribution in [0.5, 0.6) is 0 Å². The van der Waals surface area contributed by atoms with Gasteiger partial charge in [-0.15, -0.1) is 11.3 Å². The summed E-state index contributed by atoms with van der Waals surface area (Å²) in [6.07, 6.45) is 1.58. The molecule has 0 atom stereocenters. The lowest BCUT2D eigenvalue weighted by atomic mass is 10.4. The van der Waals surface area contributed by atoms with E-state index in [9.17, 15) is 0 Å². The number of hydrogen-bond acceptors (Lipinski definition) is 3. The number of nitrogens with two attached hydrogens (primary N) is 2. The van der Waals surface area contributed by atoms with Crippen molar-refractivity contribution in [3.05, 3.63) is 20.4 Å².